The van der Waals surface area contributed by atoms with Gasteiger partial charge in [0.25, 0.3) is 0 Å². The SMILES string of the molecule is O=C(CCC1CCOC1)c1cc(C(OCc2ccccc2)c2ccccc2)on1. The number of Topliss-reactive ketones (excluding diaryl/α,β-unsaturated/α-hetero) is 1. The highest BCUT2D eigenvalue weighted by Crippen LogP contribution is 2.28. The average Bonchev–Trinajstić information content (AvgIpc) is 3.46. The number of ether oxygens (including phenoxy) is 2. The molecule has 3 aromatic rings. The van der Waals surface area contributed by atoms with Gasteiger partial charge in [-0.25, -0.2) is 0 Å². The van der Waals surface area contributed by atoms with Gasteiger partial charge in [-0.3, -0.25) is 4.79 Å². The van der Waals surface area contributed by atoms with Crippen LogP contribution in [0.3, 0.4) is 0 Å². The van der Waals surface area contributed by atoms with Gasteiger partial charge in [-0.05, 0) is 29.9 Å². The maximum absolute atomic E-state index is 12.5. The Bertz CT molecular complexity index is 901. The molecule has 0 aliphatic carbocycles. The van der Waals surface area contributed by atoms with Crippen molar-refractivity contribution in [2.45, 2.75) is 32.0 Å². The summed E-state index contributed by atoms with van der Waals surface area (Å²) in [4.78, 5) is 12.5. The van der Waals surface area contributed by atoms with Crippen molar-refractivity contribution in [3.05, 3.63) is 89.3 Å². The standard InChI is InChI=1S/C24H25NO4/c26-22(12-11-19-13-14-27-16-19)21-15-23(29-25-21)24(20-9-5-2-6-10-20)28-17-18-7-3-1-4-8-18/h1-10,15,19,24H,11-14,16-17H2. The summed E-state index contributed by atoms with van der Waals surface area (Å²) in [5.41, 5.74) is 2.40. The molecule has 1 aliphatic heterocycles. The number of carbonyl (C=O) groups is 1. The van der Waals surface area contributed by atoms with Crippen molar-refractivity contribution in [1.82, 2.24) is 5.16 Å². The summed E-state index contributed by atoms with van der Waals surface area (Å²) in [6.07, 6.45) is 1.89. The molecule has 1 aromatic heterocycles. The van der Waals surface area contributed by atoms with E-state index in [1.807, 2.05) is 60.7 Å². The maximum atomic E-state index is 12.5. The van der Waals surface area contributed by atoms with Gasteiger partial charge in [-0.1, -0.05) is 65.8 Å². The minimum Gasteiger partial charge on any atom is -0.381 e. The van der Waals surface area contributed by atoms with E-state index < -0.39 is 6.10 Å². The molecule has 0 amide bonds. The Morgan fingerprint density at radius 3 is 2.59 bits per heavy atom. The van der Waals surface area contributed by atoms with Crippen molar-refractivity contribution in [3.63, 3.8) is 0 Å². The molecule has 2 unspecified atom stereocenters. The monoisotopic (exact) mass is 391 g/mol. The average molecular weight is 391 g/mol. The molecule has 4 rings (SSSR count). The molecule has 0 N–H and O–H groups in total. The van der Waals surface area contributed by atoms with E-state index in [0.717, 1.165) is 37.2 Å². The summed E-state index contributed by atoms with van der Waals surface area (Å²) in [5.74, 6) is 1.01. The van der Waals surface area contributed by atoms with Crippen LogP contribution in [0.25, 0.3) is 0 Å². The Balaban J connectivity index is 1.46. The van der Waals surface area contributed by atoms with Crippen LogP contribution < -0.4 is 0 Å². The lowest BCUT2D eigenvalue weighted by Crippen LogP contribution is -2.07. The maximum Gasteiger partial charge on any atom is 0.184 e. The van der Waals surface area contributed by atoms with E-state index in [9.17, 15) is 4.79 Å². The lowest BCUT2D eigenvalue weighted by atomic mass is 9.99. The van der Waals surface area contributed by atoms with Crippen LogP contribution in [0.15, 0.2) is 71.3 Å². The minimum absolute atomic E-state index is 0.00164. The van der Waals surface area contributed by atoms with Gasteiger partial charge < -0.3 is 14.0 Å². The first-order chi connectivity index (χ1) is 14.3. The number of aromatic nitrogens is 1. The van der Waals surface area contributed by atoms with E-state index in [1.165, 1.54) is 0 Å². The number of ketones is 1. The molecule has 0 radical (unpaired) electrons. The normalized spacial score (nSPS) is 17.3. The zero-order valence-electron chi connectivity index (χ0n) is 16.3. The van der Waals surface area contributed by atoms with E-state index >= 15 is 0 Å². The Kier molecular flexibility index (Phi) is 6.49. The number of rotatable bonds is 9. The van der Waals surface area contributed by atoms with Gasteiger partial charge in [0.2, 0.25) is 0 Å². The van der Waals surface area contributed by atoms with Gasteiger partial charge in [0, 0.05) is 25.7 Å². The third-order valence-electron chi connectivity index (χ3n) is 5.24. The molecule has 1 fully saturated rings. The molecule has 0 saturated carbocycles. The van der Waals surface area contributed by atoms with Crippen LogP contribution in [0.1, 0.15) is 52.7 Å². The highest BCUT2D eigenvalue weighted by Gasteiger charge is 2.23. The fourth-order valence-electron chi connectivity index (χ4n) is 3.54. The number of hydrogen-bond acceptors (Lipinski definition) is 5. The second-order valence-electron chi connectivity index (χ2n) is 7.39. The van der Waals surface area contributed by atoms with Crippen LogP contribution >= 0.6 is 0 Å². The largest absolute Gasteiger partial charge is 0.381 e. The fourth-order valence-corrected chi connectivity index (χ4v) is 3.54. The Hall–Kier alpha value is -2.76. The van der Waals surface area contributed by atoms with Crippen molar-refractivity contribution < 1.29 is 18.8 Å². The number of nitrogens with zero attached hydrogens (tertiary/aromatic N) is 1. The lowest BCUT2D eigenvalue weighted by Gasteiger charge is -2.15. The number of hydrogen-bond donors (Lipinski definition) is 0. The molecule has 2 aromatic carbocycles. The topological polar surface area (TPSA) is 61.6 Å². The molecule has 0 spiro atoms. The van der Waals surface area contributed by atoms with E-state index in [2.05, 4.69) is 5.16 Å². The molecule has 1 aliphatic rings. The Morgan fingerprint density at radius 1 is 1.10 bits per heavy atom. The summed E-state index contributed by atoms with van der Waals surface area (Å²) in [5, 5.41) is 4.03. The third-order valence-corrected chi connectivity index (χ3v) is 5.24. The smallest absolute Gasteiger partial charge is 0.184 e. The van der Waals surface area contributed by atoms with Crippen LogP contribution in [0, 0.1) is 5.92 Å². The summed E-state index contributed by atoms with van der Waals surface area (Å²) in [6, 6.07) is 21.5. The van der Waals surface area contributed by atoms with Gasteiger partial charge in [-0.15, -0.1) is 0 Å². The molecular weight excluding hydrogens is 366 g/mol. The summed E-state index contributed by atoms with van der Waals surface area (Å²) >= 11 is 0. The highest BCUT2D eigenvalue weighted by molar-refractivity contribution is 5.94. The molecule has 29 heavy (non-hydrogen) atoms. The van der Waals surface area contributed by atoms with Crippen LogP contribution in [-0.4, -0.2) is 24.2 Å². The first-order valence-electron chi connectivity index (χ1n) is 10.1. The summed E-state index contributed by atoms with van der Waals surface area (Å²) in [7, 11) is 0. The van der Waals surface area contributed by atoms with Crippen molar-refractivity contribution >= 4 is 5.78 Å². The first kappa shape index (κ1) is 19.6. The molecule has 5 nitrogen and oxygen atoms in total. The quantitative estimate of drug-likeness (QED) is 0.482. The van der Waals surface area contributed by atoms with Crippen molar-refractivity contribution in [2.75, 3.05) is 13.2 Å². The van der Waals surface area contributed by atoms with E-state index in [4.69, 9.17) is 14.0 Å². The lowest BCUT2D eigenvalue weighted by molar-refractivity contribution is 0.0483. The first-order valence-corrected chi connectivity index (χ1v) is 10.1. The predicted octanol–water partition coefficient (Wildman–Crippen LogP) is 4.98. The Labute approximate surface area is 170 Å². The fraction of sp³-hybridized carbons (Fsp3) is 0.333. The van der Waals surface area contributed by atoms with Crippen LogP contribution in [0.2, 0.25) is 0 Å². The van der Waals surface area contributed by atoms with Gasteiger partial charge in [-0.2, -0.15) is 0 Å². The van der Waals surface area contributed by atoms with E-state index in [1.54, 1.807) is 6.07 Å². The minimum atomic E-state index is -0.423. The van der Waals surface area contributed by atoms with Crippen LogP contribution in [0.5, 0.6) is 0 Å². The van der Waals surface area contributed by atoms with Gasteiger partial charge in [0.15, 0.2) is 11.5 Å². The van der Waals surface area contributed by atoms with Crippen LogP contribution in [0.4, 0.5) is 0 Å². The molecule has 0 bridgehead atoms. The summed E-state index contributed by atoms with van der Waals surface area (Å²) in [6.45, 7) is 1.98. The molecular formula is C24H25NO4. The second kappa shape index (κ2) is 9.63. The zero-order chi connectivity index (χ0) is 19.9. The molecule has 150 valence electrons. The van der Waals surface area contributed by atoms with E-state index in [-0.39, 0.29) is 5.78 Å². The second-order valence-corrected chi connectivity index (χ2v) is 7.39. The molecule has 5 heteroatoms. The van der Waals surface area contributed by atoms with Crippen molar-refractivity contribution in [2.24, 2.45) is 5.92 Å². The third kappa shape index (κ3) is 5.19. The van der Waals surface area contributed by atoms with Gasteiger partial charge in [0.05, 0.1) is 6.61 Å². The molecule has 2 heterocycles. The van der Waals surface area contributed by atoms with Crippen molar-refractivity contribution in [3.8, 4) is 0 Å². The zero-order valence-corrected chi connectivity index (χ0v) is 16.3. The predicted molar refractivity (Wildman–Crippen MR) is 109 cm³/mol. The van der Waals surface area contributed by atoms with Gasteiger partial charge >= 0.3 is 0 Å². The number of carbonyl (C=O) groups excluding carboxylic acids is 1. The molecule has 2 atom stereocenters. The highest BCUT2D eigenvalue weighted by atomic mass is 16.5. The van der Waals surface area contributed by atoms with Gasteiger partial charge in [0.1, 0.15) is 11.8 Å². The summed E-state index contributed by atoms with van der Waals surface area (Å²) < 4.78 is 17.1. The van der Waals surface area contributed by atoms with E-state index in [0.29, 0.717) is 30.4 Å². The Morgan fingerprint density at radius 2 is 1.86 bits per heavy atom. The van der Waals surface area contributed by atoms with Crippen LogP contribution in [-0.2, 0) is 16.1 Å². The molecule has 1 saturated heterocycles. The number of benzene rings is 2. The van der Waals surface area contributed by atoms with Crippen molar-refractivity contribution in [1.29, 1.82) is 0 Å².